The molecule has 0 amide bonds. The Hall–Kier alpha value is -6.12. The predicted octanol–water partition coefficient (Wildman–Crippen LogP) is 14.0. The van der Waals surface area contributed by atoms with Gasteiger partial charge in [0.1, 0.15) is 0 Å². The van der Waals surface area contributed by atoms with Crippen molar-refractivity contribution in [1.82, 2.24) is 4.57 Å². The smallest absolute Gasteiger partial charge is 0.0534 e. The van der Waals surface area contributed by atoms with Gasteiger partial charge in [-0.15, -0.1) is 0 Å². The zero-order chi connectivity index (χ0) is 36.9. The van der Waals surface area contributed by atoms with Gasteiger partial charge in [0, 0.05) is 44.7 Å². The number of aromatic nitrogens is 1. The molecule has 2 nitrogen and oxygen atoms in total. The van der Waals surface area contributed by atoms with E-state index in [4.69, 9.17) is 0 Å². The number of para-hydroxylation sites is 1. The summed E-state index contributed by atoms with van der Waals surface area (Å²) in [7, 11) is 0. The summed E-state index contributed by atoms with van der Waals surface area (Å²) in [6, 6.07) is 58.8. The predicted molar refractivity (Wildman–Crippen MR) is 228 cm³/mol. The summed E-state index contributed by atoms with van der Waals surface area (Å²) in [5.41, 5.74) is 21.7. The Morgan fingerprint density at radius 2 is 0.907 bits per heavy atom. The van der Waals surface area contributed by atoms with Crippen molar-refractivity contribution in [3.63, 3.8) is 0 Å². The molecular formula is C52H44N2. The van der Waals surface area contributed by atoms with E-state index in [-0.39, 0.29) is 10.8 Å². The third-order valence-electron chi connectivity index (χ3n) is 12.6. The van der Waals surface area contributed by atoms with Gasteiger partial charge in [0.2, 0.25) is 0 Å². The van der Waals surface area contributed by atoms with Crippen LogP contribution in [-0.2, 0) is 10.8 Å². The largest absolute Gasteiger partial charge is 0.314 e. The monoisotopic (exact) mass is 696 g/mol. The van der Waals surface area contributed by atoms with E-state index >= 15 is 0 Å². The normalized spacial score (nSPS) is 14.4. The van der Waals surface area contributed by atoms with Crippen molar-refractivity contribution in [2.45, 2.75) is 52.4 Å². The number of nitrogens with zero attached hydrogens (tertiary/aromatic N) is 2. The summed E-state index contributed by atoms with van der Waals surface area (Å²) in [6.45, 7) is 13.9. The fraction of sp³-hybridized carbons (Fsp3) is 0.154. The topological polar surface area (TPSA) is 8.17 Å². The summed E-state index contributed by atoms with van der Waals surface area (Å²) < 4.78 is 2.38. The highest BCUT2D eigenvalue weighted by Gasteiger charge is 2.37. The van der Waals surface area contributed by atoms with Crippen molar-refractivity contribution < 1.29 is 0 Å². The van der Waals surface area contributed by atoms with E-state index in [1.807, 2.05) is 0 Å². The number of benzene rings is 7. The van der Waals surface area contributed by atoms with Gasteiger partial charge in [0.15, 0.2) is 0 Å². The van der Waals surface area contributed by atoms with Crippen LogP contribution in [0.1, 0.15) is 61.2 Å². The number of hydrogen-bond donors (Lipinski definition) is 0. The maximum atomic E-state index is 2.46. The van der Waals surface area contributed by atoms with E-state index in [9.17, 15) is 0 Å². The Bertz CT molecular complexity index is 2670. The maximum absolute atomic E-state index is 2.46. The second kappa shape index (κ2) is 11.7. The van der Waals surface area contributed by atoms with E-state index in [2.05, 4.69) is 209 Å². The molecule has 0 aliphatic heterocycles. The van der Waals surface area contributed by atoms with E-state index < -0.39 is 0 Å². The van der Waals surface area contributed by atoms with Gasteiger partial charge < -0.3 is 9.47 Å². The van der Waals surface area contributed by atoms with Crippen molar-refractivity contribution in [2.24, 2.45) is 0 Å². The Balaban J connectivity index is 1.09. The van der Waals surface area contributed by atoms with E-state index in [1.165, 1.54) is 94.9 Å². The quantitative estimate of drug-likeness (QED) is 0.174. The number of aryl methyl sites for hydroxylation is 1. The average Bonchev–Trinajstić information content (AvgIpc) is 3.69. The minimum atomic E-state index is -0.0897. The molecule has 262 valence electrons. The zero-order valence-electron chi connectivity index (χ0n) is 31.9. The molecule has 0 radical (unpaired) electrons. The first-order valence-corrected chi connectivity index (χ1v) is 19.2. The number of hydrogen-bond acceptors (Lipinski definition) is 1. The standard InChI is InChI=1S/C52H44N2/c1-33-34(2)53(37-14-8-7-9-15-37)50-29-22-36(30-45(33)50)35-20-23-38(24-21-35)54(39-25-27-43-41-16-10-12-18-46(41)51(3,4)48(43)31-39)40-26-28-44-42-17-11-13-19-47(42)52(5,6)49(44)32-40/h7-32H,1-6H3. The molecule has 0 saturated carbocycles. The second-order valence-corrected chi connectivity index (χ2v) is 16.3. The Morgan fingerprint density at radius 3 is 1.48 bits per heavy atom. The highest BCUT2D eigenvalue weighted by Crippen LogP contribution is 2.53. The van der Waals surface area contributed by atoms with Gasteiger partial charge in [-0.1, -0.05) is 125 Å². The van der Waals surface area contributed by atoms with Gasteiger partial charge >= 0.3 is 0 Å². The molecule has 1 heterocycles. The molecule has 54 heavy (non-hydrogen) atoms. The lowest BCUT2D eigenvalue weighted by Gasteiger charge is -2.30. The summed E-state index contributed by atoms with van der Waals surface area (Å²) >= 11 is 0. The van der Waals surface area contributed by atoms with Crippen molar-refractivity contribution in [2.75, 3.05) is 4.90 Å². The molecule has 7 aromatic carbocycles. The van der Waals surface area contributed by atoms with Gasteiger partial charge in [-0.05, 0) is 136 Å². The summed E-state index contributed by atoms with van der Waals surface area (Å²) in [4.78, 5) is 2.46. The molecule has 0 bridgehead atoms. The molecule has 0 unspecified atom stereocenters. The van der Waals surface area contributed by atoms with Crippen LogP contribution in [0.2, 0.25) is 0 Å². The fourth-order valence-corrected chi connectivity index (χ4v) is 9.58. The first kappa shape index (κ1) is 32.5. The summed E-state index contributed by atoms with van der Waals surface area (Å²) in [6.07, 6.45) is 0. The number of anilines is 3. The lowest BCUT2D eigenvalue weighted by atomic mass is 9.82. The third-order valence-corrected chi connectivity index (χ3v) is 12.6. The van der Waals surface area contributed by atoms with E-state index in [1.54, 1.807) is 0 Å². The number of rotatable bonds is 5. The van der Waals surface area contributed by atoms with Gasteiger partial charge in [-0.3, -0.25) is 0 Å². The molecule has 0 fully saturated rings. The van der Waals surface area contributed by atoms with Gasteiger partial charge in [-0.2, -0.15) is 0 Å². The maximum Gasteiger partial charge on any atom is 0.0534 e. The Morgan fingerprint density at radius 1 is 0.426 bits per heavy atom. The summed E-state index contributed by atoms with van der Waals surface area (Å²) in [5.74, 6) is 0. The van der Waals surface area contributed by atoms with E-state index in [0.29, 0.717) is 0 Å². The van der Waals surface area contributed by atoms with Crippen LogP contribution in [0, 0.1) is 13.8 Å². The first-order chi connectivity index (χ1) is 26.1. The highest BCUT2D eigenvalue weighted by molar-refractivity contribution is 5.92. The van der Waals surface area contributed by atoms with E-state index in [0.717, 1.165) is 5.69 Å². The lowest BCUT2D eigenvalue weighted by molar-refractivity contribution is 0.660. The van der Waals surface area contributed by atoms with Crippen LogP contribution in [0.3, 0.4) is 0 Å². The van der Waals surface area contributed by atoms with Crippen molar-refractivity contribution in [3.8, 4) is 39.1 Å². The number of fused-ring (bicyclic) bond motifs is 7. The van der Waals surface area contributed by atoms with Crippen LogP contribution in [-0.4, -0.2) is 4.57 Å². The molecule has 2 aliphatic rings. The lowest BCUT2D eigenvalue weighted by Crippen LogP contribution is -2.18. The molecule has 1 aromatic heterocycles. The minimum absolute atomic E-state index is 0.0897. The molecule has 0 atom stereocenters. The average molecular weight is 697 g/mol. The molecule has 0 saturated heterocycles. The molecule has 0 spiro atoms. The molecule has 2 heteroatoms. The first-order valence-electron chi connectivity index (χ1n) is 19.2. The second-order valence-electron chi connectivity index (χ2n) is 16.3. The van der Waals surface area contributed by atoms with Gasteiger partial charge in [0.05, 0.1) is 5.52 Å². The van der Waals surface area contributed by atoms with Crippen LogP contribution < -0.4 is 4.90 Å². The molecular weight excluding hydrogens is 653 g/mol. The molecule has 2 aliphatic carbocycles. The molecule has 10 rings (SSSR count). The SMILES string of the molecule is Cc1c(C)n(-c2ccccc2)c2ccc(-c3ccc(N(c4ccc5c(c4)C(C)(C)c4ccccc4-5)c4ccc5c(c4)C(C)(C)c4ccccc4-5)cc3)cc12. The van der Waals surface area contributed by atoms with Crippen LogP contribution >= 0.6 is 0 Å². The third kappa shape index (κ3) is 4.66. The molecule has 0 N–H and O–H groups in total. The van der Waals surface area contributed by atoms with Gasteiger partial charge in [-0.25, -0.2) is 0 Å². The van der Waals surface area contributed by atoms with Crippen molar-refractivity contribution in [1.29, 1.82) is 0 Å². The molecule has 8 aromatic rings. The van der Waals surface area contributed by atoms with Crippen molar-refractivity contribution in [3.05, 3.63) is 191 Å². The zero-order valence-corrected chi connectivity index (χ0v) is 31.9. The fourth-order valence-electron chi connectivity index (χ4n) is 9.58. The highest BCUT2D eigenvalue weighted by atomic mass is 15.1. The van der Waals surface area contributed by atoms with Crippen LogP contribution in [0.25, 0.3) is 50.0 Å². The minimum Gasteiger partial charge on any atom is -0.314 e. The Kier molecular flexibility index (Phi) is 7.04. The van der Waals surface area contributed by atoms with Gasteiger partial charge in [0.25, 0.3) is 0 Å². The van der Waals surface area contributed by atoms with Crippen LogP contribution in [0.15, 0.2) is 158 Å². The summed E-state index contributed by atoms with van der Waals surface area (Å²) in [5, 5.41) is 1.29. The Labute approximate surface area is 319 Å². The van der Waals surface area contributed by atoms with Crippen molar-refractivity contribution >= 4 is 28.0 Å². The van der Waals surface area contributed by atoms with Crippen LogP contribution in [0.4, 0.5) is 17.1 Å². The van der Waals surface area contributed by atoms with Crippen LogP contribution in [0.5, 0.6) is 0 Å².